The fourth-order valence-corrected chi connectivity index (χ4v) is 4.07. The Morgan fingerprint density at radius 1 is 0.838 bits per heavy atom. The molecule has 0 bridgehead atoms. The first-order valence-electron chi connectivity index (χ1n) is 12.3. The van der Waals surface area contributed by atoms with Gasteiger partial charge in [0.25, 0.3) is 5.91 Å². The van der Waals surface area contributed by atoms with Gasteiger partial charge in [-0.2, -0.15) is 5.10 Å². The molecule has 2 amide bonds. The molecular weight excluding hydrogens is 466 g/mol. The summed E-state index contributed by atoms with van der Waals surface area (Å²) in [6.07, 6.45) is 4.33. The zero-order chi connectivity index (χ0) is 25.9. The number of piperidine rings is 1. The molecule has 0 unspecified atom stereocenters. The molecule has 0 radical (unpaired) electrons. The van der Waals surface area contributed by atoms with E-state index >= 15 is 0 Å². The van der Waals surface area contributed by atoms with Crippen molar-refractivity contribution in [2.75, 3.05) is 19.7 Å². The lowest BCUT2D eigenvalue weighted by molar-refractivity contribution is -0.154. The molecule has 37 heavy (non-hydrogen) atoms. The van der Waals surface area contributed by atoms with E-state index in [4.69, 9.17) is 4.74 Å². The molecule has 0 aliphatic carbocycles. The smallest absolute Gasteiger partial charge is 0.309 e. The number of hydrogen-bond donors (Lipinski definition) is 1. The summed E-state index contributed by atoms with van der Waals surface area (Å²) in [4.78, 5) is 39.1. The van der Waals surface area contributed by atoms with Crippen molar-refractivity contribution in [1.29, 1.82) is 0 Å². The third-order valence-corrected chi connectivity index (χ3v) is 6.09. The largest absolute Gasteiger partial charge is 0.455 e. The summed E-state index contributed by atoms with van der Waals surface area (Å²) >= 11 is 0. The number of hydrogen-bond acceptors (Lipinski definition) is 5. The van der Waals surface area contributed by atoms with E-state index in [1.165, 1.54) is 0 Å². The topological polar surface area (TPSA) is 88.1 Å². The Hall–Kier alpha value is -4.52. The number of benzene rings is 3. The third-order valence-electron chi connectivity index (χ3n) is 6.09. The Bertz CT molecular complexity index is 1210. The Morgan fingerprint density at radius 3 is 1.95 bits per heavy atom. The van der Waals surface area contributed by atoms with Crippen molar-refractivity contribution in [3.8, 4) is 0 Å². The second-order valence-electron chi connectivity index (χ2n) is 8.68. The summed E-state index contributed by atoms with van der Waals surface area (Å²) in [5, 5.41) is 4.30. The quantitative estimate of drug-likeness (QED) is 0.221. The van der Waals surface area contributed by atoms with E-state index in [1.807, 2.05) is 91.0 Å². The molecule has 7 nitrogen and oxygen atoms in total. The number of esters is 1. The molecule has 1 aliphatic heterocycles. The van der Waals surface area contributed by atoms with E-state index in [0.29, 0.717) is 31.6 Å². The molecule has 1 fully saturated rings. The first-order chi connectivity index (χ1) is 18.1. The standard InChI is InChI=1S/C30H29N3O4/c34-27(31-32-29(24-12-6-2-7-13-24)25-14-8-3-9-15-25)22-37-30(36)26-18-20-33(21-19-26)28(35)17-16-23-10-4-1-5-11-23/h1-17,26H,18-22H2,(H,31,34)/b17-16+. The fourth-order valence-electron chi connectivity index (χ4n) is 4.07. The van der Waals surface area contributed by atoms with Crippen LogP contribution in [0.25, 0.3) is 6.08 Å². The second kappa shape index (κ2) is 13.0. The number of carbonyl (C=O) groups excluding carboxylic acids is 3. The Balaban J connectivity index is 1.25. The van der Waals surface area contributed by atoms with Crippen molar-refractivity contribution in [3.05, 3.63) is 114 Å². The average molecular weight is 496 g/mol. The third kappa shape index (κ3) is 7.48. The first kappa shape index (κ1) is 25.6. The number of carbonyl (C=O) groups is 3. The van der Waals surface area contributed by atoms with Crippen LogP contribution in [0.3, 0.4) is 0 Å². The first-order valence-corrected chi connectivity index (χ1v) is 12.3. The number of likely N-dealkylation sites (tertiary alicyclic amines) is 1. The van der Waals surface area contributed by atoms with E-state index in [1.54, 1.807) is 17.1 Å². The Labute approximate surface area is 216 Å². The summed E-state index contributed by atoms with van der Waals surface area (Å²) in [5.74, 6) is -1.38. The minimum Gasteiger partial charge on any atom is -0.455 e. The molecule has 4 rings (SSSR count). The maximum Gasteiger partial charge on any atom is 0.309 e. The Kier molecular flexibility index (Phi) is 8.97. The highest BCUT2D eigenvalue weighted by Gasteiger charge is 2.28. The van der Waals surface area contributed by atoms with Gasteiger partial charge in [-0.1, -0.05) is 91.0 Å². The predicted molar refractivity (Wildman–Crippen MR) is 142 cm³/mol. The van der Waals surface area contributed by atoms with E-state index < -0.39 is 18.5 Å². The number of hydrazone groups is 1. The lowest BCUT2D eigenvalue weighted by Crippen LogP contribution is -2.40. The van der Waals surface area contributed by atoms with Gasteiger partial charge in [0.15, 0.2) is 6.61 Å². The summed E-state index contributed by atoms with van der Waals surface area (Å²) in [7, 11) is 0. The van der Waals surface area contributed by atoms with Crippen molar-refractivity contribution >= 4 is 29.6 Å². The van der Waals surface area contributed by atoms with Crippen LogP contribution in [0.1, 0.15) is 29.5 Å². The summed E-state index contributed by atoms with van der Waals surface area (Å²) in [6, 6.07) is 28.7. The monoisotopic (exact) mass is 495 g/mol. The zero-order valence-corrected chi connectivity index (χ0v) is 20.5. The van der Waals surface area contributed by atoms with Crippen LogP contribution in [0.5, 0.6) is 0 Å². The van der Waals surface area contributed by atoms with Gasteiger partial charge in [-0.05, 0) is 24.5 Å². The maximum absolute atomic E-state index is 12.5. The van der Waals surface area contributed by atoms with Gasteiger partial charge in [-0.15, -0.1) is 0 Å². The molecule has 1 heterocycles. The molecule has 1 aliphatic rings. The maximum atomic E-state index is 12.5. The van der Waals surface area contributed by atoms with Crippen molar-refractivity contribution in [1.82, 2.24) is 10.3 Å². The van der Waals surface area contributed by atoms with Crippen LogP contribution in [-0.4, -0.2) is 48.1 Å². The summed E-state index contributed by atoms with van der Waals surface area (Å²) < 4.78 is 5.25. The van der Waals surface area contributed by atoms with Gasteiger partial charge in [0, 0.05) is 30.3 Å². The van der Waals surface area contributed by atoms with E-state index in [2.05, 4.69) is 10.5 Å². The normalized spacial score (nSPS) is 13.7. The molecule has 1 saturated heterocycles. The molecule has 3 aromatic carbocycles. The van der Waals surface area contributed by atoms with E-state index in [9.17, 15) is 14.4 Å². The van der Waals surface area contributed by atoms with Crippen LogP contribution >= 0.6 is 0 Å². The van der Waals surface area contributed by atoms with Gasteiger partial charge in [-0.25, -0.2) is 5.43 Å². The van der Waals surface area contributed by atoms with Gasteiger partial charge < -0.3 is 9.64 Å². The SMILES string of the molecule is O=C(COC(=O)C1CCN(C(=O)/C=C/c2ccccc2)CC1)NN=C(c1ccccc1)c1ccccc1. The van der Waals surface area contributed by atoms with Crippen LogP contribution in [0.2, 0.25) is 0 Å². The molecule has 0 spiro atoms. The highest BCUT2D eigenvalue weighted by atomic mass is 16.5. The minimum absolute atomic E-state index is 0.0828. The van der Waals surface area contributed by atoms with Gasteiger partial charge in [0.1, 0.15) is 0 Å². The average Bonchev–Trinajstić information content (AvgIpc) is 2.96. The van der Waals surface area contributed by atoms with Crippen LogP contribution in [-0.2, 0) is 19.1 Å². The summed E-state index contributed by atoms with van der Waals surface area (Å²) in [5.41, 5.74) is 5.77. The number of amides is 2. The molecule has 0 atom stereocenters. The molecule has 1 N–H and O–H groups in total. The number of rotatable bonds is 8. The molecular formula is C30H29N3O4. The molecule has 3 aromatic rings. The van der Waals surface area contributed by atoms with Crippen molar-refractivity contribution in [3.63, 3.8) is 0 Å². The van der Waals surface area contributed by atoms with Gasteiger partial charge in [0.2, 0.25) is 5.91 Å². The lowest BCUT2D eigenvalue weighted by atomic mass is 9.97. The predicted octanol–water partition coefficient (Wildman–Crippen LogP) is 4.05. The van der Waals surface area contributed by atoms with Crippen LogP contribution < -0.4 is 5.43 Å². The second-order valence-corrected chi connectivity index (χ2v) is 8.68. The van der Waals surface area contributed by atoms with Gasteiger partial charge in [0.05, 0.1) is 11.6 Å². The molecule has 7 heteroatoms. The van der Waals surface area contributed by atoms with Crippen LogP contribution in [0, 0.1) is 5.92 Å². The van der Waals surface area contributed by atoms with Crippen LogP contribution in [0.4, 0.5) is 0 Å². The van der Waals surface area contributed by atoms with Gasteiger partial charge >= 0.3 is 5.97 Å². The Morgan fingerprint density at radius 2 is 1.38 bits per heavy atom. The fraction of sp³-hybridized carbons (Fsp3) is 0.200. The lowest BCUT2D eigenvalue weighted by Gasteiger charge is -2.30. The highest BCUT2D eigenvalue weighted by Crippen LogP contribution is 2.19. The van der Waals surface area contributed by atoms with E-state index in [0.717, 1.165) is 16.7 Å². The van der Waals surface area contributed by atoms with Gasteiger partial charge in [-0.3, -0.25) is 14.4 Å². The van der Waals surface area contributed by atoms with E-state index in [-0.39, 0.29) is 11.8 Å². The van der Waals surface area contributed by atoms with Crippen molar-refractivity contribution in [2.45, 2.75) is 12.8 Å². The zero-order valence-electron chi connectivity index (χ0n) is 20.5. The number of nitrogens with one attached hydrogen (secondary N) is 1. The summed E-state index contributed by atoms with van der Waals surface area (Å²) in [6.45, 7) is 0.510. The van der Waals surface area contributed by atoms with Crippen molar-refractivity contribution in [2.24, 2.45) is 11.0 Å². The molecule has 0 aromatic heterocycles. The molecule has 188 valence electrons. The number of nitrogens with zero attached hydrogens (tertiary/aromatic N) is 2. The van der Waals surface area contributed by atoms with Crippen molar-refractivity contribution < 1.29 is 19.1 Å². The minimum atomic E-state index is -0.517. The highest BCUT2D eigenvalue weighted by molar-refractivity contribution is 6.13. The molecule has 0 saturated carbocycles. The number of ether oxygens (including phenoxy) is 1. The van der Waals surface area contributed by atoms with Crippen LogP contribution in [0.15, 0.2) is 102 Å².